The summed E-state index contributed by atoms with van der Waals surface area (Å²) in [5.74, 6) is -0.440. The fourth-order valence-electron chi connectivity index (χ4n) is 2.38. The average Bonchev–Trinajstić information content (AvgIpc) is 2.50. The van der Waals surface area contributed by atoms with E-state index < -0.39 is 5.82 Å². The quantitative estimate of drug-likeness (QED) is 0.587. The Bertz CT molecular complexity index is 437. The lowest BCUT2D eigenvalue weighted by Crippen LogP contribution is -2.14. The van der Waals surface area contributed by atoms with Crippen molar-refractivity contribution in [3.8, 4) is 6.07 Å². The van der Waals surface area contributed by atoms with Gasteiger partial charge in [0.2, 0.25) is 0 Å². The summed E-state index contributed by atoms with van der Waals surface area (Å²) < 4.78 is 13.2. The van der Waals surface area contributed by atoms with Crippen LogP contribution in [0.3, 0.4) is 0 Å². The molecule has 0 aliphatic rings. The van der Waals surface area contributed by atoms with E-state index in [1.807, 2.05) is 6.07 Å². The number of nitrogens with one attached hydrogen (secondary N) is 1. The van der Waals surface area contributed by atoms with Crippen molar-refractivity contribution in [2.75, 3.05) is 6.54 Å². The number of unbranched alkanes of at least 4 members (excludes halogenated alkanes) is 7. The van der Waals surface area contributed by atoms with Gasteiger partial charge < -0.3 is 5.32 Å². The number of halogens is 1. The van der Waals surface area contributed by atoms with Crippen LogP contribution in [0.15, 0.2) is 18.2 Å². The van der Waals surface area contributed by atoms with Crippen molar-refractivity contribution in [3.63, 3.8) is 0 Å². The van der Waals surface area contributed by atoms with Gasteiger partial charge in [-0.15, -0.1) is 0 Å². The van der Waals surface area contributed by atoms with E-state index in [2.05, 4.69) is 12.2 Å². The molecule has 2 nitrogen and oxygen atoms in total. The summed E-state index contributed by atoms with van der Waals surface area (Å²) in [5, 5.41) is 12.1. The Balaban J connectivity index is 2.03. The number of hydrogen-bond donors (Lipinski definition) is 1. The lowest BCUT2D eigenvalue weighted by Gasteiger charge is -2.06. The molecule has 3 heteroatoms. The maximum absolute atomic E-state index is 13.2. The van der Waals surface area contributed by atoms with E-state index in [1.54, 1.807) is 12.1 Å². The smallest absolute Gasteiger partial charge is 0.140 e. The number of rotatable bonds is 11. The third-order valence-corrected chi connectivity index (χ3v) is 3.69. The second-order valence-corrected chi connectivity index (χ2v) is 5.58. The maximum Gasteiger partial charge on any atom is 0.140 e. The molecule has 0 amide bonds. The lowest BCUT2D eigenvalue weighted by molar-refractivity contribution is 0.554. The third-order valence-electron chi connectivity index (χ3n) is 3.69. The van der Waals surface area contributed by atoms with Gasteiger partial charge in [0, 0.05) is 6.54 Å². The van der Waals surface area contributed by atoms with E-state index in [-0.39, 0.29) is 5.56 Å². The number of benzene rings is 1. The highest BCUT2D eigenvalue weighted by molar-refractivity contribution is 5.34. The third kappa shape index (κ3) is 7.82. The first-order valence-corrected chi connectivity index (χ1v) is 8.17. The van der Waals surface area contributed by atoms with Crippen molar-refractivity contribution >= 4 is 0 Å². The normalized spacial score (nSPS) is 10.5. The Kier molecular flexibility index (Phi) is 9.48. The summed E-state index contributed by atoms with van der Waals surface area (Å²) in [7, 11) is 0. The monoisotopic (exact) mass is 290 g/mol. The van der Waals surface area contributed by atoms with Gasteiger partial charge in [0.15, 0.2) is 0 Å². The van der Waals surface area contributed by atoms with Gasteiger partial charge in [0.1, 0.15) is 11.9 Å². The van der Waals surface area contributed by atoms with E-state index in [0.29, 0.717) is 6.54 Å². The summed E-state index contributed by atoms with van der Waals surface area (Å²) in [4.78, 5) is 0. The second-order valence-electron chi connectivity index (χ2n) is 5.58. The van der Waals surface area contributed by atoms with Crippen LogP contribution in [0, 0.1) is 17.1 Å². The van der Waals surface area contributed by atoms with E-state index in [9.17, 15) is 4.39 Å². The van der Waals surface area contributed by atoms with Crippen LogP contribution >= 0.6 is 0 Å². The molecule has 0 aromatic heterocycles. The van der Waals surface area contributed by atoms with Gasteiger partial charge in [0.05, 0.1) is 5.56 Å². The van der Waals surface area contributed by atoms with Crippen molar-refractivity contribution in [1.82, 2.24) is 5.32 Å². The highest BCUT2D eigenvalue weighted by Crippen LogP contribution is 2.10. The molecule has 0 unspecified atom stereocenters. The zero-order chi connectivity index (χ0) is 15.3. The van der Waals surface area contributed by atoms with Crippen LogP contribution < -0.4 is 5.32 Å². The molecule has 0 saturated heterocycles. The first-order valence-electron chi connectivity index (χ1n) is 8.17. The molecule has 1 aromatic rings. The predicted molar refractivity (Wildman–Crippen MR) is 85.4 cm³/mol. The fourth-order valence-corrected chi connectivity index (χ4v) is 2.38. The van der Waals surface area contributed by atoms with Crippen LogP contribution in [-0.4, -0.2) is 6.54 Å². The van der Waals surface area contributed by atoms with Crippen LogP contribution in [-0.2, 0) is 6.54 Å². The largest absolute Gasteiger partial charge is 0.313 e. The summed E-state index contributed by atoms with van der Waals surface area (Å²) in [6.07, 6.45) is 10.5. The molecule has 0 spiro atoms. The molecule has 116 valence electrons. The fraction of sp³-hybridized carbons (Fsp3) is 0.611. The van der Waals surface area contributed by atoms with E-state index in [1.165, 1.54) is 57.4 Å². The van der Waals surface area contributed by atoms with Crippen LogP contribution in [0.2, 0.25) is 0 Å². The molecular weight excluding hydrogens is 263 g/mol. The Morgan fingerprint density at radius 3 is 2.38 bits per heavy atom. The van der Waals surface area contributed by atoms with Crippen LogP contribution in [0.25, 0.3) is 0 Å². The number of hydrogen-bond acceptors (Lipinski definition) is 2. The van der Waals surface area contributed by atoms with E-state index in [0.717, 1.165) is 12.1 Å². The van der Waals surface area contributed by atoms with Gasteiger partial charge in [-0.2, -0.15) is 5.26 Å². The average molecular weight is 290 g/mol. The van der Waals surface area contributed by atoms with Gasteiger partial charge in [-0.25, -0.2) is 4.39 Å². The summed E-state index contributed by atoms with van der Waals surface area (Å²) in [6, 6.07) is 6.59. The van der Waals surface area contributed by atoms with E-state index >= 15 is 0 Å². The van der Waals surface area contributed by atoms with Crippen molar-refractivity contribution < 1.29 is 4.39 Å². The minimum absolute atomic E-state index is 0.126. The molecule has 1 aromatic carbocycles. The first kappa shape index (κ1) is 17.7. The van der Waals surface area contributed by atoms with Crippen molar-refractivity contribution in [1.29, 1.82) is 5.26 Å². The first-order chi connectivity index (χ1) is 10.3. The van der Waals surface area contributed by atoms with Gasteiger partial charge in [0.25, 0.3) is 0 Å². The SMILES string of the molecule is CCCCCCCCCCNCc1ccc(F)c(C#N)c1. The molecule has 0 radical (unpaired) electrons. The molecule has 0 atom stereocenters. The molecule has 0 fully saturated rings. The Morgan fingerprint density at radius 2 is 1.71 bits per heavy atom. The van der Waals surface area contributed by atoms with Crippen LogP contribution in [0.4, 0.5) is 4.39 Å². The highest BCUT2D eigenvalue weighted by Gasteiger charge is 2.02. The summed E-state index contributed by atoms with van der Waals surface area (Å²) in [5.41, 5.74) is 1.09. The van der Waals surface area contributed by atoms with Gasteiger partial charge >= 0.3 is 0 Å². The molecule has 21 heavy (non-hydrogen) atoms. The molecular formula is C18H27FN2. The van der Waals surface area contributed by atoms with Crippen molar-refractivity contribution in [2.45, 2.75) is 64.8 Å². The molecule has 0 bridgehead atoms. The van der Waals surface area contributed by atoms with Gasteiger partial charge in [-0.3, -0.25) is 0 Å². The highest BCUT2D eigenvalue weighted by atomic mass is 19.1. The Hall–Kier alpha value is -1.40. The molecule has 0 heterocycles. The molecule has 1 rings (SSSR count). The minimum atomic E-state index is -0.440. The molecule has 0 saturated carbocycles. The molecule has 0 aliphatic carbocycles. The molecule has 0 aliphatic heterocycles. The molecule has 1 N–H and O–H groups in total. The Labute approximate surface area is 128 Å². The standard InChI is InChI=1S/C18H27FN2/c1-2-3-4-5-6-7-8-9-12-21-15-16-10-11-18(19)17(13-16)14-20/h10-11,13,21H,2-9,12,15H2,1H3. The predicted octanol–water partition coefficient (Wildman–Crippen LogP) is 4.93. The van der Waals surface area contributed by atoms with Crippen LogP contribution in [0.5, 0.6) is 0 Å². The van der Waals surface area contributed by atoms with Crippen LogP contribution in [0.1, 0.15) is 69.4 Å². The minimum Gasteiger partial charge on any atom is -0.313 e. The summed E-state index contributed by atoms with van der Waals surface area (Å²) in [6.45, 7) is 3.92. The van der Waals surface area contributed by atoms with E-state index in [4.69, 9.17) is 5.26 Å². The zero-order valence-electron chi connectivity index (χ0n) is 13.1. The van der Waals surface area contributed by atoms with Crippen molar-refractivity contribution in [3.05, 3.63) is 35.1 Å². The second kappa shape index (κ2) is 11.3. The zero-order valence-corrected chi connectivity index (χ0v) is 13.1. The topological polar surface area (TPSA) is 35.8 Å². The lowest BCUT2D eigenvalue weighted by atomic mass is 10.1. The maximum atomic E-state index is 13.2. The van der Waals surface area contributed by atoms with Gasteiger partial charge in [-0.1, -0.05) is 57.9 Å². The Morgan fingerprint density at radius 1 is 1.05 bits per heavy atom. The number of nitriles is 1. The number of nitrogens with zero attached hydrogens (tertiary/aromatic N) is 1. The summed E-state index contributed by atoms with van der Waals surface area (Å²) >= 11 is 0. The van der Waals surface area contributed by atoms with Gasteiger partial charge in [-0.05, 0) is 30.7 Å². The van der Waals surface area contributed by atoms with Crippen molar-refractivity contribution in [2.24, 2.45) is 0 Å².